The second-order valence-electron chi connectivity index (χ2n) is 9.32. The van der Waals surface area contributed by atoms with Crippen LogP contribution in [0.5, 0.6) is 5.75 Å². The molecule has 2 aromatic carbocycles. The predicted molar refractivity (Wildman–Crippen MR) is 146 cm³/mol. The van der Waals surface area contributed by atoms with Crippen molar-refractivity contribution in [1.29, 1.82) is 5.41 Å². The van der Waals surface area contributed by atoms with Gasteiger partial charge >= 0.3 is 0 Å². The molecular formula is C28H25Cl2N5O3. The quantitative estimate of drug-likeness (QED) is 0.348. The summed E-state index contributed by atoms with van der Waals surface area (Å²) < 4.78 is 9.74. The van der Waals surface area contributed by atoms with Crippen LogP contribution in [0.3, 0.4) is 0 Å². The molecule has 5 rings (SSSR count). The molecule has 194 valence electrons. The van der Waals surface area contributed by atoms with Crippen LogP contribution in [-0.2, 0) is 24.8 Å². The number of aryl methyl sites for hydroxylation is 1. The maximum atomic E-state index is 13.8. The molecule has 10 heteroatoms. The smallest absolute Gasteiger partial charge is 0.222 e. The monoisotopic (exact) mass is 549 g/mol. The molecule has 0 aliphatic carbocycles. The fourth-order valence-corrected chi connectivity index (χ4v) is 4.93. The van der Waals surface area contributed by atoms with Crippen molar-refractivity contribution < 1.29 is 14.3 Å². The third-order valence-electron chi connectivity index (χ3n) is 6.48. The van der Waals surface area contributed by atoms with Crippen molar-refractivity contribution in [1.82, 2.24) is 14.1 Å². The van der Waals surface area contributed by atoms with Gasteiger partial charge < -0.3 is 19.2 Å². The highest BCUT2D eigenvalue weighted by Gasteiger charge is 2.32. The van der Waals surface area contributed by atoms with E-state index < -0.39 is 5.92 Å². The molecule has 1 atom stereocenters. The van der Waals surface area contributed by atoms with Gasteiger partial charge in [0.15, 0.2) is 5.78 Å². The van der Waals surface area contributed by atoms with E-state index in [9.17, 15) is 9.59 Å². The lowest BCUT2D eigenvalue weighted by molar-refractivity contribution is -0.114. The second kappa shape index (κ2) is 10.5. The molecule has 0 fully saturated rings. The van der Waals surface area contributed by atoms with Gasteiger partial charge in [0.2, 0.25) is 11.5 Å². The first-order chi connectivity index (χ1) is 18.2. The number of aromatic nitrogens is 3. The Kier molecular flexibility index (Phi) is 7.10. The van der Waals surface area contributed by atoms with Gasteiger partial charge in [-0.25, -0.2) is 4.98 Å². The molecule has 0 radical (unpaired) electrons. The Morgan fingerprint density at radius 2 is 1.89 bits per heavy atom. The van der Waals surface area contributed by atoms with Crippen LogP contribution in [0.15, 0.2) is 61.1 Å². The molecule has 2 aromatic heterocycles. The topological polar surface area (TPSA) is 102 Å². The van der Waals surface area contributed by atoms with E-state index in [2.05, 4.69) is 10.3 Å². The van der Waals surface area contributed by atoms with E-state index >= 15 is 0 Å². The summed E-state index contributed by atoms with van der Waals surface area (Å²) in [6.45, 7) is 2.03. The average Bonchev–Trinajstić information content (AvgIpc) is 3.19. The molecule has 4 aromatic rings. The number of amides is 1. The van der Waals surface area contributed by atoms with E-state index in [1.165, 1.54) is 6.92 Å². The molecular weight excluding hydrogens is 525 g/mol. The number of hydrogen-bond acceptors (Lipinski definition) is 5. The molecule has 8 nitrogen and oxygen atoms in total. The van der Waals surface area contributed by atoms with Gasteiger partial charge in [0.1, 0.15) is 11.6 Å². The lowest BCUT2D eigenvalue weighted by Gasteiger charge is -2.27. The number of imidazole rings is 1. The summed E-state index contributed by atoms with van der Waals surface area (Å²) in [5.41, 5.74) is 4.02. The Morgan fingerprint density at radius 1 is 1.11 bits per heavy atom. The first-order valence-corrected chi connectivity index (χ1v) is 12.7. The number of Topliss-reactive ketones (excluding diaryl/α,β-unsaturated/α-hetero) is 1. The third kappa shape index (κ3) is 5.23. The van der Waals surface area contributed by atoms with Crippen LogP contribution in [0.25, 0.3) is 11.1 Å². The SMILES string of the molecule is CC(=O)Nc1cc(-c2cc(Cn3ccn(C)c3=N)cc3c2OC[C@@H](Cc2ccc(Cl)c(Cl)c2)C3=O)ccn1. The van der Waals surface area contributed by atoms with Gasteiger partial charge in [0.25, 0.3) is 0 Å². The molecule has 0 saturated heterocycles. The van der Waals surface area contributed by atoms with Crippen LogP contribution in [0.2, 0.25) is 10.0 Å². The Hall–Kier alpha value is -3.88. The number of pyridine rings is 1. The van der Waals surface area contributed by atoms with Crippen LogP contribution in [0.1, 0.15) is 28.4 Å². The number of carbonyl (C=O) groups is 2. The molecule has 1 amide bonds. The summed E-state index contributed by atoms with van der Waals surface area (Å²) in [6, 6.07) is 12.7. The molecule has 3 heterocycles. The van der Waals surface area contributed by atoms with Gasteiger partial charge in [-0.05, 0) is 59.5 Å². The fraction of sp³-hybridized carbons (Fsp3) is 0.214. The first kappa shape index (κ1) is 25.8. The molecule has 1 aliphatic rings. The lowest BCUT2D eigenvalue weighted by atomic mass is 9.86. The Bertz CT molecular complexity index is 1630. The number of ketones is 1. The van der Waals surface area contributed by atoms with Crippen LogP contribution < -0.4 is 15.7 Å². The van der Waals surface area contributed by atoms with Gasteiger partial charge in [-0.1, -0.05) is 29.3 Å². The molecule has 0 saturated carbocycles. The van der Waals surface area contributed by atoms with Crippen molar-refractivity contribution in [3.8, 4) is 16.9 Å². The van der Waals surface area contributed by atoms with Crippen molar-refractivity contribution in [3.05, 3.63) is 93.4 Å². The molecule has 38 heavy (non-hydrogen) atoms. The standard InChI is InChI=1S/C28H25Cl2N5O3/c1-16(36)33-25-13-19(5-6-32-25)21-10-18(14-35-8-7-34(2)28(35)31)11-22-26(37)20(15-38-27(21)22)9-17-3-4-23(29)24(30)12-17/h3-8,10-13,20,31H,9,14-15H2,1-2H3,(H,32,33,36)/t20-/m1/s1. The zero-order valence-corrected chi connectivity index (χ0v) is 22.3. The van der Waals surface area contributed by atoms with Crippen molar-refractivity contribution in [2.75, 3.05) is 11.9 Å². The van der Waals surface area contributed by atoms with E-state index in [-0.39, 0.29) is 18.3 Å². The molecule has 0 bridgehead atoms. The Morgan fingerprint density at radius 3 is 2.61 bits per heavy atom. The zero-order chi connectivity index (χ0) is 27.0. The Balaban J connectivity index is 1.57. The normalized spacial score (nSPS) is 14.6. The highest BCUT2D eigenvalue weighted by atomic mass is 35.5. The number of benzene rings is 2. The number of nitrogens with zero attached hydrogens (tertiary/aromatic N) is 3. The Labute approximate surface area is 229 Å². The summed E-state index contributed by atoms with van der Waals surface area (Å²) in [7, 11) is 1.81. The molecule has 2 N–H and O–H groups in total. The zero-order valence-electron chi connectivity index (χ0n) is 20.8. The van der Waals surface area contributed by atoms with E-state index in [4.69, 9.17) is 33.3 Å². The highest BCUT2D eigenvalue weighted by Crippen LogP contribution is 2.40. The van der Waals surface area contributed by atoms with Gasteiger partial charge in [-0.2, -0.15) is 0 Å². The number of rotatable bonds is 6. The third-order valence-corrected chi connectivity index (χ3v) is 7.22. The maximum Gasteiger partial charge on any atom is 0.222 e. The van der Waals surface area contributed by atoms with E-state index in [1.54, 1.807) is 33.5 Å². The van der Waals surface area contributed by atoms with Crippen LogP contribution in [0, 0.1) is 11.3 Å². The summed E-state index contributed by atoms with van der Waals surface area (Å²) in [5, 5.41) is 11.9. The van der Waals surface area contributed by atoms with Gasteiger partial charge in [0.05, 0.1) is 34.7 Å². The van der Waals surface area contributed by atoms with E-state index in [0.717, 1.165) is 22.3 Å². The number of halogens is 2. The maximum absolute atomic E-state index is 13.8. The lowest BCUT2D eigenvalue weighted by Crippen LogP contribution is -2.30. The first-order valence-electron chi connectivity index (χ1n) is 12.0. The minimum absolute atomic E-state index is 0.0271. The van der Waals surface area contributed by atoms with E-state index in [0.29, 0.717) is 45.8 Å². The number of hydrogen-bond donors (Lipinski definition) is 2. The number of anilines is 1. The molecule has 1 aliphatic heterocycles. The minimum atomic E-state index is -0.397. The summed E-state index contributed by atoms with van der Waals surface area (Å²) in [5.74, 6) is 0.241. The summed E-state index contributed by atoms with van der Waals surface area (Å²) >= 11 is 12.3. The predicted octanol–water partition coefficient (Wildman–Crippen LogP) is 5.12. The average molecular weight is 550 g/mol. The minimum Gasteiger partial charge on any atom is -0.491 e. The van der Waals surface area contributed by atoms with Crippen molar-refractivity contribution >= 4 is 40.7 Å². The van der Waals surface area contributed by atoms with E-state index in [1.807, 2.05) is 43.7 Å². The van der Waals surface area contributed by atoms with Gasteiger partial charge in [-0.15, -0.1) is 0 Å². The summed E-state index contributed by atoms with van der Waals surface area (Å²) in [4.78, 5) is 29.6. The largest absolute Gasteiger partial charge is 0.491 e. The van der Waals surface area contributed by atoms with Crippen LogP contribution in [0.4, 0.5) is 5.82 Å². The van der Waals surface area contributed by atoms with Gasteiger partial charge in [0, 0.05) is 38.1 Å². The fourth-order valence-electron chi connectivity index (χ4n) is 4.61. The van der Waals surface area contributed by atoms with Crippen molar-refractivity contribution in [2.45, 2.75) is 19.9 Å². The van der Waals surface area contributed by atoms with Crippen LogP contribution in [-0.4, -0.2) is 32.4 Å². The summed E-state index contributed by atoms with van der Waals surface area (Å²) in [6.07, 6.45) is 5.70. The van der Waals surface area contributed by atoms with Crippen LogP contribution >= 0.6 is 23.2 Å². The number of ether oxygens (including phenoxy) is 1. The number of nitrogens with one attached hydrogen (secondary N) is 2. The van der Waals surface area contributed by atoms with Crippen molar-refractivity contribution in [3.63, 3.8) is 0 Å². The number of fused-ring (bicyclic) bond motifs is 1. The highest BCUT2D eigenvalue weighted by molar-refractivity contribution is 6.42. The van der Waals surface area contributed by atoms with Crippen molar-refractivity contribution in [2.24, 2.45) is 13.0 Å². The molecule has 0 unspecified atom stereocenters. The molecule has 0 spiro atoms. The second-order valence-corrected chi connectivity index (χ2v) is 10.1. The number of carbonyl (C=O) groups excluding carboxylic acids is 2. The van der Waals surface area contributed by atoms with Gasteiger partial charge in [-0.3, -0.25) is 15.0 Å².